The molecular formula is C20H17FN2O2. The van der Waals surface area contributed by atoms with E-state index >= 15 is 0 Å². The maximum absolute atomic E-state index is 13.0. The predicted molar refractivity (Wildman–Crippen MR) is 91.6 cm³/mol. The Morgan fingerprint density at radius 3 is 2.52 bits per heavy atom. The Morgan fingerprint density at radius 1 is 1.08 bits per heavy atom. The summed E-state index contributed by atoms with van der Waals surface area (Å²) in [4.78, 5) is 12.3. The number of rotatable bonds is 4. The van der Waals surface area contributed by atoms with Crippen LogP contribution in [0.15, 0.2) is 65.2 Å². The third kappa shape index (κ3) is 3.31. The molecule has 2 aromatic carbocycles. The molecule has 0 unspecified atom stereocenters. The Hall–Kier alpha value is -2.95. The normalized spacial score (nSPS) is 19.2. The van der Waals surface area contributed by atoms with Gasteiger partial charge in [0.1, 0.15) is 5.82 Å². The summed E-state index contributed by atoms with van der Waals surface area (Å²) in [5.41, 5.74) is 2.23. The molecule has 3 aromatic rings. The highest BCUT2D eigenvalue weighted by atomic mass is 19.1. The molecule has 1 amide bonds. The highest BCUT2D eigenvalue weighted by molar-refractivity contribution is 5.93. The number of nitrogens with one attached hydrogen (secondary N) is 1. The molecule has 25 heavy (non-hydrogen) atoms. The van der Waals surface area contributed by atoms with E-state index in [0.717, 1.165) is 12.8 Å². The Balaban J connectivity index is 1.36. The molecule has 1 fully saturated rings. The Kier molecular flexibility index (Phi) is 4.06. The third-order valence-electron chi connectivity index (χ3n) is 4.62. The number of benzene rings is 2. The lowest BCUT2D eigenvalue weighted by Gasteiger charge is -2.36. The van der Waals surface area contributed by atoms with E-state index < -0.39 is 0 Å². The van der Waals surface area contributed by atoms with Crippen LogP contribution in [0, 0.1) is 5.82 Å². The molecule has 0 aliphatic heterocycles. The van der Waals surface area contributed by atoms with Gasteiger partial charge in [-0.25, -0.2) is 4.39 Å². The standard InChI is InChI=1S/C20H17FN2O2/c21-16-8-6-14(7-9-16)19-12-18(23-25-19)20(24)22-17-10-15(11-17)13-4-2-1-3-5-13/h1-9,12,15,17H,10-11H2,(H,22,24). The summed E-state index contributed by atoms with van der Waals surface area (Å²) in [6.07, 6.45) is 1.86. The summed E-state index contributed by atoms with van der Waals surface area (Å²) in [5, 5.41) is 6.81. The van der Waals surface area contributed by atoms with Crippen LogP contribution in [0.3, 0.4) is 0 Å². The van der Waals surface area contributed by atoms with Gasteiger partial charge in [-0.05, 0) is 48.6 Å². The molecule has 0 spiro atoms. The molecule has 0 bridgehead atoms. The minimum Gasteiger partial charge on any atom is -0.355 e. The zero-order valence-corrected chi connectivity index (χ0v) is 13.5. The SMILES string of the molecule is O=C(NC1CC(c2ccccc2)C1)c1cc(-c2ccc(F)cc2)on1. The van der Waals surface area contributed by atoms with Crippen LogP contribution in [0.1, 0.15) is 34.8 Å². The maximum atomic E-state index is 13.0. The number of hydrogen-bond donors (Lipinski definition) is 1. The van der Waals surface area contributed by atoms with Gasteiger partial charge in [-0.15, -0.1) is 0 Å². The van der Waals surface area contributed by atoms with Crippen LogP contribution < -0.4 is 5.32 Å². The molecule has 1 aromatic heterocycles. The number of carbonyl (C=O) groups excluding carboxylic acids is 1. The second-order valence-electron chi connectivity index (χ2n) is 6.33. The molecule has 1 aliphatic carbocycles. The molecule has 1 N–H and O–H groups in total. The zero-order chi connectivity index (χ0) is 17.2. The van der Waals surface area contributed by atoms with Gasteiger partial charge in [0, 0.05) is 17.7 Å². The maximum Gasteiger partial charge on any atom is 0.273 e. The average molecular weight is 336 g/mol. The first-order valence-electron chi connectivity index (χ1n) is 8.27. The largest absolute Gasteiger partial charge is 0.355 e. The quantitative estimate of drug-likeness (QED) is 0.778. The summed E-state index contributed by atoms with van der Waals surface area (Å²) in [5.74, 6) is 0.382. The molecule has 1 saturated carbocycles. The summed E-state index contributed by atoms with van der Waals surface area (Å²) in [6, 6.07) is 17.9. The second-order valence-corrected chi connectivity index (χ2v) is 6.33. The van der Waals surface area contributed by atoms with Crippen LogP contribution >= 0.6 is 0 Å². The molecule has 1 heterocycles. The van der Waals surface area contributed by atoms with E-state index in [1.807, 2.05) is 18.2 Å². The van der Waals surface area contributed by atoms with Crippen molar-refractivity contribution in [2.75, 3.05) is 0 Å². The molecule has 4 rings (SSSR count). The third-order valence-corrected chi connectivity index (χ3v) is 4.62. The molecule has 126 valence electrons. The van der Waals surface area contributed by atoms with Gasteiger partial charge in [-0.1, -0.05) is 35.5 Å². The fourth-order valence-electron chi connectivity index (χ4n) is 3.12. The van der Waals surface area contributed by atoms with E-state index in [9.17, 15) is 9.18 Å². The van der Waals surface area contributed by atoms with Gasteiger partial charge in [0.05, 0.1) is 0 Å². The second kappa shape index (κ2) is 6.51. The van der Waals surface area contributed by atoms with Crippen molar-refractivity contribution >= 4 is 5.91 Å². The lowest BCUT2D eigenvalue weighted by Crippen LogP contribution is -2.43. The number of carbonyl (C=O) groups is 1. The van der Waals surface area contributed by atoms with Crippen molar-refractivity contribution in [3.63, 3.8) is 0 Å². The minimum absolute atomic E-state index is 0.156. The topological polar surface area (TPSA) is 55.1 Å². The fraction of sp³-hybridized carbons (Fsp3) is 0.200. The first-order chi connectivity index (χ1) is 12.2. The van der Waals surface area contributed by atoms with Crippen LogP contribution in [0.25, 0.3) is 11.3 Å². The van der Waals surface area contributed by atoms with Crippen molar-refractivity contribution in [2.45, 2.75) is 24.8 Å². The lowest BCUT2D eigenvalue weighted by molar-refractivity contribution is 0.0900. The van der Waals surface area contributed by atoms with Gasteiger partial charge in [-0.3, -0.25) is 4.79 Å². The van der Waals surface area contributed by atoms with E-state index in [4.69, 9.17) is 4.52 Å². The van der Waals surface area contributed by atoms with Crippen molar-refractivity contribution in [3.8, 4) is 11.3 Å². The number of hydrogen-bond acceptors (Lipinski definition) is 3. The number of nitrogens with zero attached hydrogens (tertiary/aromatic N) is 1. The van der Waals surface area contributed by atoms with E-state index in [1.165, 1.54) is 17.7 Å². The predicted octanol–water partition coefficient (Wildman–Crippen LogP) is 4.16. The summed E-state index contributed by atoms with van der Waals surface area (Å²) < 4.78 is 18.2. The van der Waals surface area contributed by atoms with Crippen molar-refractivity contribution in [3.05, 3.63) is 77.7 Å². The first-order valence-corrected chi connectivity index (χ1v) is 8.27. The first kappa shape index (κ1) is 15.6. The van der Waals surface area contributed by atoms with Crippen LogP contribution in [0.2, 0.25) is 0 Å². The van der Waals surface area contributed by atoms with E-state index in [2.05, 4.69) is 22.6 Å². The zero-order valence-electron chi connectivity index (χ0n) is 13.5. The Morgan fingerprint density at radius 2 is 1.80 bits per heavy atom. The van der Waals surface area contributed by atoms with Crippen LogP contribution in [-0.4, -0.2) is 17.1 Å². The lowest BCUT2D eigenvalue weighted by atomic mass is 9.76. The van der Waals surface area contributed by atoms with Crippen molar-refractivity contribution in [1.82, 2.24) is 10.5 Å². The minimum atomic E-state index is -0.320. The molecule has 5 heteroatoms. The summed E-state index contributed by atoms with van der Waals surface area (Å²) in [6.45, 7) is 0. The van der Waals surface area contributed by atoms with Crippen molar-refractivity contribution < 1.29 is 13.7 Å². The Labute approximate surface area is 144 Å². The van der Waals surface area contributed by atoms with Crippen LogP contribution in [0.4, 0.5) is 4.39 Å². The van der Waals surface area contributed by atoms with E-state index in [-0.39, 0.29) is 23.5 Å². The highest BCUT2D eigenvalue weighted by Gasteiger charge is 2.32. The van der Waals surface area contributed by atoms with Gasteiger partial charge in [-0.2, -0.15) is 0 Å². The van der Waals surface area contributed by atoms with E-state index in [0.29, 0.717) is 17.2 Å². The molecule has 0 atom stereocenters. The van der Waals surface area contributed by atoms with Gasteiger partial charge < -0.3 is 9.84 Å². The molecule has 0 radical (unpaired) electrons. The fourth-order valence-corrected chi connectivity index (χ4v) is 3.12. The van der Waals surface area contributed by atoms with E-state index in [1.54, 1.807) is 18.2 Å². The van der Waals surface area contributed by atoms with Crippen molar-refractivity contribution in [2.24, 2.45) is 0 Å². The monoisotopic (exact) mass is 336 g/mol. The molecule has 1 aliphatic rings. The molecular weight excluding hydrogens is 319 g/mol. The summed E-state index contributed by atoms with van der Waals surface area (Å²) in [7, 11) is 0. The number of halogens is 1. The molecule has 4 nitrogen and oxygen atoms in total. The van der Waals surface area contributed by atoms with Gasteiger partial charge in [0.25, 0.3) is 5.91 Å². The highest BCUT2D eigenvalue weighted by Crippen LogP contribution is 2.36. The van der Waals surface area contributed by atoms with Gasteiger partial charge >= 0.3 is 0 Å². The molecule has 0 saturated heterocycles. The van der Waals surface area contributed by atoms with Crippen molar-refractivity contribution in [1.29, 1.82) is 0 Å². The summed E-state index contributed by atoms with van der Waals surface area (Å²) >= 11 is 0. The van der Waals surface area contributed by atoms with Gasteiger partial charge in [0.2, 0.25) is 0 Å². The number of amides is 1. The van der Waals surface area contributed by atoms with Crippen LogP contribution in [-0.2, 0) is 0 Å². The smallest absolute Gasteiger partial charge is 0.273 e. The Bertz CT molecular complexity index is 868. The van der Waals surface area contributed by atoms with Crippen LogP contribution in [0.5, 0.6) is 0 Å². The number of aromatic nitrogens is 1. The van der Waals surface area contributed by atoms with Gasteiger partial charge in [0.15, 0.2) is 11.5 Å². The average Bonchev–Trinajstić information content (AvgIpc) is 3.09.